The van der Waals surface area contributed by atoms with Crippen LogP contribution in [-0.4, -0.2) is 54.4 Å². The van der Waals surface area contributed by atoms with Crippen LogP contribution in [0.25, 0.3) is 0 Å². The van der Waals surface area contributed by atoms with Gasteiger partial charge in [0.1, 0.15) is 0 Å². The van der Waals surface area contributed by atoms with E-state index in [4.69, 9.17) is 11.6 Å². The van der Waals surface area contributed by atoms with Crippen molar-refractivity contribution in [2.75, 3.05) is 33.2 Å². The first-order chi connectivity index (χ1) is 6.66. The second-order valence-corrected chi connectivity index (χ2v) is 5.55. The Morgan fingerprint density at radius 2 is 2.14 bits per heavy atom. The molecule has 0 aromatic heterocycles. The Kier molecular flexibility index (Phi) is 3.35. The van der Waals surface area contributed by atoms with E-state index in [1.807, 2.05) is 0 Å². The van der Waals surface area contributed by atoms with Gasteiger partial charge in [0.05, 0.1) is 5.38 Å². The van der Waals surface area contributed by atoms with Gasteiger partial charge in [-0.25, -0.2) is 0 Å². The minimum atomic E-state index is 0.377. The lowest BCUT2D eigenvalue weighted by molar-refractivity contribution is 0.217. The van der Waals surface area contributed by atoms with Crippen LogP contribution >= 0.6 is 11.6 Å². The third-order valence-electron chi connectivity index (χ3n) is 3.74. The summed E-state index contributed by atoms with van der Waals surface area (Å²) in [5, 5.41) is 0.377. The molecule has 3 unspecified atom stereocenters. The molecule has 0 radical (unpaired) electrons. The van der Waals surface area contributed by atoms with E-state index in [1.165, 1.54) is 32.5 Å². The minimum absolute atomic E-state index is 0.377. The largest absolute Gasteiger partial charge is 0.302 e. The fourth-order valence-corrected chi connectivity index (χ4v) is 2.95. The average molecular weight is 217 g/mol. The van der Waals surface area contributed by atoms with Crippen LogP contribution < -0.4 is 0 Å². The van der Waals surface area contributed by atoms with Crippen LogP contribution in [0.5, 0.6) is 0 Å². The first kappa shape index (κ1) is 10.7. The number of halogens is 1. The van der Waals surface area contributed by atoms with Gasteiger partial charge in [-0.3, -0.25) is 4.90 Å². The Labute approximate surface area is 92.2 Å². The van der Waals surface area contributed by atoms with E-state index in [2.05, 4.69) is 23.8 Å². The molecule has 2 saturated heterocycles. The summed E-state index contributed by atoms with van der Waals surface area (Å²) in [6.45, 7) is 7.05. The normalized spacial score (nSPS) is 40.9. The first-order valence-corrected chi connectivity index (χ1v) is 6.17. The topological polar surface area (TPSA) is 6.48 Å². The van der Waals surface area contributed by atoms with Crippen molar-refractivity contribution in [2.24, 2.45) is 5.92 Å². The molecule has 0 aliphatic carbocycles. The molecule has 0 N–H and O–H groups in total. The monoisotopic (exact) mass is 216 g/mol. The van der Waals surface area contributed by atoms with Crippen molar-refractivity contribution in [1.82, 2.24) is 9.80 Å². The van der Waals surface area contributed by atoms with Gasteiger partial charge < -0.3 is 4.90 Å². The van der Waals surface area contributed by atoms with Crippen molar-refractivity contribution in [3.8, 4) is 0 Å². The van der Waals surface area contributed by atoms with Gasteiger partial charge in [0.15, 0.2) is 0 Å². The third-order valence-corrected chi connectivity index (χ3v) is 4.30. The van der Waals surface area contributed by atoms with Crippen LogP contribution in [0.1, 0.15) is 19.8 Å². The van der Waals surface area contributed by atoms with E-state index < -0.39 is 0 Å². The van der Waals surface area contributed by atoms with Crippen molar-refractivity contribution < 1.29 is 0 Å². The highest BCUT2D eigenvalue weighted by Gasteiger charge is 2.31. The lowest BCUT2D eigenvalue weighted by Gasteiger charge is -2.25. The smallest absolute Gasteiger partial charge is 0.0500 e. The van der Waals surface area contributed by atoms with E-state index in [9.17, 15) is 0 Å². The zero-order valence-electron chi connectivity index (χ0n) is 9.25. The molecule has 3 heteroatoms. The van der Waals surface area contributed by atoms with Gasteiger partial charge in [-0.2, -0.15) is 0 Å². The summed E-state index contributed by atoms with van der Waals surface area (Å²) in [5.41, 5.74) is 0. The average Bonchev–Trinajstić information content (AvgIpc) is 2.63. The van der Waals surface area contributed by atoms with E-state index in [-0.39, 0.29) is 0 Å². The number of likely N-dealkylation sites (N-methyl/N-ethyl adjacent to an activating group) is 1. The number of hydrogen-bond acceptors (Lipinski definition) is 2. The summed E-state index contributed by atoms with van der Waals surface area (Å²) >= 11 is 6.22. The summed E-state index contributed by atoms with van der Waals surface area (Å²) in [5.74, 6) is 0.670. The van der Waals surface area contributed by atoms with Crippen LogP contribution in [0.3, 0.4) is 0 Å². The highest BCUT2D eigenvalue weighted by atomic mass is 35.5. The summed E-state index contributed by atoms with van der Waals surface area (Å²) in [6.07, 6.45) is 2.74. The van der Waals surface area contributed by atoms with Gasteiger partial charge in [-0.15, -0.1) is 11.6 Å². The molecule has 2 rings (SSSR count). The number of rotatable bonds is 2. The van der Waals surface area contributed by atoms with Crippen molar-refractivity contribution in [2.45, 2.75) is 31.2 Å². The quantitative estimate of drug-likeness (QED) is 0.648. The Balaban J connectivity index is 1.81. The number of hydrogen-bond donors (Lipinski definition) is 0. The van der Waals surface area contributed by atoms with Crippen LogP contribution in [0.2, 0.25) is 0 Å². The molecule has 14 heavy (non-hydrogen) atoms. The predicted molar refractivity (Wildman–Crippen MR) is 60.9 cm³/mol. The van der Waals surface area contributed by atoms with Crippen LogP contribution in [-0.2, 0) is 0 Å². The van der Waals surface area contributed by atoms with Gasteiger partial charge in [0.25, 0.3) is 0 Å². The Hall–Kier alpha value is 0.210. The zero-order chi connectivity index (χ0) is 10.1. The van der Waals surface area contributed by atoms with Crippen molar-refractivity contribution in [1.29, 1.82) is 0 Å². The van der Waals surface area contributed by atoms with Crippen LogP contribution in [0.15, 0.2) is 0 Å². The van der Waals surface area contributed by atoms with E-state index in [0.29, 0.717) is 11.3 Å². The molecule has 2 fully saturated rings. The standard InChI is InChI=1S/C11H21ClN2/c1-9-6-14(8-11(9)12)7-10-4-3-5-13(10)2/h9-11H,3-8H2,1-2H3. The van der Waals surface area contributed by atoms with Crippen LogP contribution in [0, 0.1) is 5.92 Å². The highest BCUT2D eigenvalue weighted by molar-refractivity contribution is 6.21. The van der Waals surface area contributed by atoms with Gasteiger partial charge in [0.2, 0.25) is 0 Å². The molecule has 82 valence electrons. The summed E-state index contributed by atoms with van der Waals surface area (Å²) in [4.78, 5) is 5.03. The fourth-order valence-electron chi connectivity index (χ4n) is 2.68. The molecule has 2 nitrogen and oxygen atoms in total. The first-order valence-electron chi connectivity index (χ1n) is 5.73. The lowest BCUT2D eigenvalue weighted by Crippen LogP contribution is -2.37. The van der Waals surface area contributed by atoms with Gasteiger partial charge in [-0.1, -0.05) is 6.92 Å². The van der Waals surface area contributed by atoms with E-state index in [0.717, 1.165) is 12.6 Å². The molecule has 2 aliphatic heterocycles. The lowest BCUT2D eigenvalue weighted by atomic mass is 10.1. The minimum Gasteiger partial charge on any atom is -0.302 e. The van der Waals surface area contributed by atoms with Gasteiger partial charge >= 0.3 is 0 Å². The molecule has 0 saturated carbocycles. The highest BCUT2D eigenvalue weighted by Crippen LogP contribution is 2.24. The Morgan fingerprint density at radius 1 is 1.36 bits per heavy atom. The molecule has 3 atom stereocenters. The Morgan fingerprint density at radius 3 is 2.64 bits per heavy atom. The number of alkyl halides is 1. The fraction of sp³-hybridized carbons (Fsp3) is 1.00. The molecule has 0 aromatic rings. The second-order valence-electron chi connectivity index (χ2n) is 4.99. The molecular weight excluding hydrogens is 196 g/mol. The van der Waals surface area contributed by atoms with Crippen LogP contribution in [0.4, 0.5) is 0 Å². The molecular formula is C11H21ClN2. The Bertz CT molecular complexity index is 188. The zero-order valence-corrected chi connectivity index (χ0v) is 10.0. The van der Waals surface area contributed by atoms with Crippen molar-refractivity contribution >= 4 is 11.6 Å². The van der Waals surface area contributed by atoms with Gasteiger partial charge in [-0.05, 0) is 32.4 Å². The predicted octanol–water partition coefficient (Wildman–Crippen LogP) is 1.64. The number of likely N-dealkylation sites (tertiary alicyclic amines) is 2. The molecule has 0 bridgehead atoms. The van der Waals surface area contributed by atoms with Gasteiger partial charge in [0, 0.05) is 25.7 Å². The maximum Gasteiger partial charge on any atom is 0.0500 e. The maximum atomic E-state index is 6.22. The molecule has 2 heterocycles. The number of nitrogens with zero attached hydrogens (tertiary/aromatic N) is 2. The molecule has 0 amide bonds. The SMILES string of the molecule is CC1CN(CC2CCCN2C)CC1Cl. The summed E-state index contributed by atoms with van der Waals surface area (Å²) < 4.78 is 0. The second kappa shape index (κ2) is 4.38. The maximum absolute atomic E-state index is 6.22. The molecule has 0 aromatic carbocycles. The van der Waals surface area contributed by atoms with Crippen molar-refractivity contribution in [3.05, 3.63) is 0 Å². The molecule has 0 spiro atoms. The summed E-state index contributed by atoms with van der Waals surface area (Å²) in [6, 6.07) is 0.782. The summed E-state index contributed by atoms with van der Waals surface area (Å²) in [7, 11) is 2.25. The molecule has 2 aliphatic rings. The van der Waals surface area contributed by atoms with E-state index >= 15 is 0 Å². The third kappa shape index (κ3) is 2.23. The van der Waals surface area contributed by atoms with Crippen molar-refractivity contribution in [3.63, 3.8) is 0 Å². The van der Waals surface area contributed by atoms with E-state index in [1.54, 1.807) is 0 Å².